The van der Waals surface area contributed by atoms with E-state index in [2.05, 4.69) is 26.7 Å². The lowest BCUT2D eigenvalue weighted by molar-refractivity contribution is 0.0933. The van der Waals surface area contributed by atoms with Crippen LogP contribution < -0.4 is 10.1 Å². The first-order valence-electron chi connectivity index (χ1n) is 10.4. The maximum absolute atomic E-state index is 13.1. The maximum Gasteiger partial charge on any atom is 0.252 e. The van der Waals surface area contributed by atoms with Crippen LogP contribution in [0.1, 0.15) is 45.7 Å². The van der Waals surface area contributed by atoms with E-state index in [1.807, 2.05) is 50.2 Å². The van der Waals surface area contributed by atoms with Gasteiger partial charge in [-0.1, -0.05) is 23.4 Å². The molecule has 2 heterocycles. The lowest BCUT2D eigenvalue weighted by Gasteiger charge is -2.17. The number of H-pyrrole nitrogens is 1. The highest BCUT2D eigenvalue weighted by Crippen LogP contribution is 2.22. The van der Waals surface area contributed by atoms with Crippen LogP contribution in [-0.4, -0.2) is 33.0 Å². The molecule has 0 fully saturated rings. The van der Waals surface area contributed by atoms with E-state index in [1.54, 1.807) is 23.9 Å². The largest absolute Gasteiger partial charge is 0.489 e. The molecule has 4 aromatic rings. The molecule has 0 aliphatic carbocycles. The van der Waals surface area contributed by atoms with Crippen LogP contribution in [0.15, 0.2) is 53.1 Å². The smallest absolute Gasteiger partial charge is 0.252 e. The number of fused-ring (bicyclic) bond motifs is 1. The Balaban J connectivity index is 1.48. The number of para-hydroxylation sites is 2. The molecule has 1 amide bonds. The molecule has 0 saturated carbocycles. The van der Waals surface area contributed by atoms with Crippen molar-refractivity contribution in [1.82, 2.24) is 20.4 Å². The van der Waals surface area contributed by atoms with Gasteiger partial charge in [-0.05, 0) is 62.6 Å². The molecule has 0 aliphatic rings. The maximum atomic E-state index is 13.1. The van der Waals surface area contributed by atoms with Crippen molar-refractivity contribution in [2.75, 3.05) is 12.0 Å². The van der Waals surface area contributed by atoms with Crippen molar-refractivity contribution < 1.29 is 14.1 Å². The number of ether oxygens (including phenoxy) is 1. The van der Waals surface area contributed by atoms with Crippen LogP contribution in [0.3, 0.4) is 0 Å². The number of aromatic nitrogens is 3. The minimum Gasteiger partial charge on any atom is -0.489 e. The van der Waals surface area contributed by atoms with Crippen LogP contribution >= 0.6 is 11.8 Å². The number of hydrogen-bond acceptors (Lipinski definition) is 6. The van der Waals surface area contributed by atoms with E-state index in [0.29, 0.717) is 17.9 Å². The Bertz CT molecular complexity index is 1160. The number of aromatic amines is 1. The summed E-state index contributed by atoms with van der Waals surface area (Å²) in [6, 6.07) is 14.8. The number of imidazole rings is 1. The van der Waals surface area contributed by atoms with Gasteiger partial charge in [-0.15, -0.1) is 0 Å². The molecular formula is C24H26N4O3S. The lowest BCUT2D eigenvalue weighted by atomic mass is 10.1. The third-order valence-corrected chi connectivity index (χ3v) is 5.96. The van der Waals surface area contributed by atoms with Gasteiger partial charge in [0.2, 0.25) is 0 Å². The van der Waals surface area contributed by atoms with Gasteiger partial charge in [-0.25, -0.2) is 4.98 Å². The second-order valence-corrected chi connectivity index (χ2v) is 8.55. The summed E-state index contributed by atoms with van der Waals surface area (Å²) in [7, 11) is 0. The molecule has 1 atom stereocenters. The molecule has 8 heteroatoms. The second-order valence-electron chi connectivity index (χ2n) is 7.57. The summed E-state index contributed by atoms with van der Waals surface area (Å²) in [6.45, 7) is 4.07. The van der Waals surface area contributed by atoms with E-state index >= 15 is 0 Å². The summed E-state index contributed by atoms with van der Waals surface area (Å²) < 4.78 is 11.1. The summed E-state index contributed by atoms with van der Waals surface area (Å²) in [5.41, 5.74) is 4.11. The van der Waals surface area contributed by atoms with Crippen molar-refractivity contribution in [2.45, 2.75) is 32.9 Å². The van der Waals surface area contributed by atoms with Crippen molar-refractivity contribution in [3.05, 3.63) is 76.9 Å². The SMILES string of the molecule is CSCC[C@@H](NC(=O)c1cccc(OCc2c(C)noc2C)c1)c1nc2ccccc2[nH]1. The summed E-state index contributed by atoms with van der Waals surface area (Å²) in [5.74, 6) is 2.85. The fraction of sp³-hybridized carbons (Fsp3) is 0.292. The number of aryl methyl sites for hydroxylation is 2. The van der Waals surface area contributed by atoms with E-state index in [9.17, 15) is 4.79 Å². The van der Waals surface area contributed by atoms with Gasteiger partial charge in [0.15, 0.2) is 0 Å². The molecular weight excluding hydrogens is 424 g/mol. The van der Waals surface area contributed by atoms with Gasteiger partial charge in [-0.3, -0.25) is 4.79 Å². The molecule has 166 valence electrons. The Morgan fingerprint density at radius 2 is 2.06 bits per heavy atom. The van der Waals surface area contributed by atoms with Crippen molar-refractivity contribution in [3.8, 4) is 5.75 Å². The number of nitrogens with one attached hydrogen (secondary N) is 2. The highest BCUT2D eigenvalue weighted by Gasteiger charge is 2.19. The van der Waals surface area contributed by atoms with Crippen LogP contribution in [0, 0.1) is 13.8 Å². The molecule has 7 nitrogen and oxygen atoms in total. The van der Waals surface area contributed by atoms with Gasteiger partial charge in [0.25, 0.3) is 5.91 Å². The third kappa shape index (κ3) is 4.96. The summed E-state index contributed by atoms with van der Waals surface area (Å²) in [6.07, 6.45) is 2.83. The Morgan fingerprint density at radius 3 is 2.81 bits per heavy atom. The van der Waals surface area contributed by atoms with E-state index < -0.39 is 0 Å². The number of amides is 1. The Hall–Kier alpha value is -3.26. The monoisotopic (exact) mass is 450 g/mol. The Kier molecular flexibility index (Phi) is 6.80. The summed E-state index contributed by atoms with van der Waals surface area (Å²) in [4.78, 5) is 21.1. The number of thioether (sulfide) groups is 1. The second kappa shape index (κ2) is 9.91. The first-order chi connectivity index (χ1) is 15.5. The normalized spacial score (nSPS) is 12.1. The first kappa shape index (κ1) is 22.0. The molecule has 2 aromatic carbocycles. The molecule has 2 aromatic heterocycles. The molecule has 0 unspecified atom stereocenters. The summed E-state index contributed by atoms with van der Waals surface area (Å²) >= 11 is 1.74. The quantitative estimate of drug-likeness (QED) is 0.374. The molecule has 0 spiro atoms. The van der Waals surface area contributed by atoms with Gasteiger partial charge < -0.3 is 19.6 Å². The highest BCUT2D eigenvalue weighted by atomic mass is 32.2. The van der Waals surface area contributed by atoms with Crippen molar-refractivity contribution in [2.24, 2.45) is 0 Å². The highest BCUT2D eigenvalue weighted by molar-refractivity contribution is 7.98. The molecule has 0 radical (unpaired) electrons. The molecule has 32 heavy (non-hydrogen) atoms. The van der Waals surface area contributed by atoms with Crippen molar-refractivity contribution in [1.29, 1.82) is 0 Å². The van der Waals surface area contributed by atoms with Crippen molar-refractivity contribution >= 4 is 28.7 Å². The van der Waals surface area contributed by atoms with Gasteiger partial charge >= 0.3 is 0 Å². The number of hydrogen-bond donors (Lipinski definition) is 2. The fourth-order valence-corrected chi connectivity index (χ4v) is 3.95. The topological polar surface area (TPSA) is 93.0 Å². The van der Waals surface area contributed by atoms with Crippen LogP contribution in [-0.2, 0) is 6.61 Å². The zero-order valence-corrected chi connectivity index (χ0v) is 19.2. The Labute approximate surface area is 190 Å². The third-order valence-electron chi connectivity index (χ3n) is 5.31. The minimum absolute atomic E-state index is 0.167. The van der Waals surface area contributed by atoms with Crippen LogP contribution in [0.4, 0.5) is 0 Å². The summed E-state index contributed by atoms with van der Waals surface area (Å²) in [5, 5.41) is 7.08. The van der Waals surface area contributed by atoms with Gasteiger partial charge in [0.1, 0.15) is 23.9 Å². The average molecular weight is 451 g/mol. The molecule has 0 bridgehead atoms. The molecule has 0 saturated heterocycles. The fourth-order valence-electron chi connectivity index (χ4n) is 3.48. The number of carbonyl (C=O) groups is 1. The number of nitrogens with zero attached hydrogens (tertiary/aromatic N) is 2. The van der Waals surface area contributed by atoms with Crippen LogP contribution in [0.2, 0.25) is 0 Å². The van der Waals surface area contributed by atoms with E-state index in [0.717, 1.165) is 46.0 Å². The molecule has 2 N–H and O–H groups in total. The standard InChI is InChI=1S/C24H26N4O3S/c1-15-19(16(2)31-28-15)14-30-18-8-6-7-17(13-18)24(29)27-22(11-12-32-3)23-25-20-9-4-5-10-21(20)26-23/h4-10,13,22H,11-12,14H2,1-3H3,(H,25,26)(H,27,29)/t22-/m1/s1. The zero-order chi connectivity index (χ0) is 22.5. The Morgan fingerprint density at radius 1 is 1.22 bits per heavy atom. The number of benzene rings is 2. The van der Waals surface area contributed by atoms with Gasteiger partial charge in [-0.2, -0.15) is 11.8 Å². The van der Waals surface area contributed by atoms with Gasteiger partial charge in [0.05, 0.1) is 28.3 Å². The molecule has 0 aliphatic heterocycles. The van der Waals surface area contributed by atoms with E-state index in [-0.39, 0.29) is 11.9 Å². The van der Waals surface area contributed by atoms with E-state index in [4.69, 9.17) is 9.26 Å². The first-order valence-corrected chi connectivity index (χ1v) is 11.8. The minimum atomic E-state index is -0.214. The van der Waals surface area contributed by atoms with Crippen molar-refractivity contribution in [3.63, 3.8) is 0 Å². The molecule has 4 rings (SSSR count). The zero-order valence-electron chi connectivity index (χ0n) is 18.3. The predicted octanol–water partition coefficient (Wildman–Crippen LogP) is 4.97. The lowest BCUT2D eigenvalue weighted by Crippen LogP contribution is -2.29. The average Bonchev–Trinajstić information content (AvgIpc) is 3.38. The van der Waals surface area contributed by atoms with Crippen LogP contribution in [0.5, 0.6) is 5.75 Å². The van der Waals surface area contributed by atoms with Crippen LogP contribution in [0.25, 0.3) is 11.0 Å². The number of rotatable bonds is 9. The predicted molar refractivity (Wildman–Crippen MR) is 126 cm³/mol. The van der Waals surface area contributed by atoms with Gasteiger partial charge in [0, 0.05) is 5.56 Å². The van der Waals surface area contributed by atoms with E-state index in [1.165, 1.54) is 0 Å². The number of carbonyl (C=O) groups excluding carboxylic acids is 1.